The van der Waals surface area contributed by atoms with Gasteiger partial charge in [-0.3, -0.25) is 4.79 Å². The molecule has 0 spiro atoms. The number of nitrogens with zero attached hydrogens (tertiary/aromatic N) is 2. The molecular formula is C14H16N2O3. The normalized spacial score (nSPS) is 12.1. The average Bonchev–Trinajstić information content (AvgIpc) is 2.82. The summed E-state index contributed by atoms with van der Waals surface area (Å²) >= 11 is 0. The molecule has 0 aliphatic carbocycles. The van der Waals surface area contributed by atoms with Gasteiger partial charge in [-0.1, -0.05) is 12.1 Å². The number of benzene rings is 1. The van der Waals surface area contributed by atoms with Gasteiger partial charge >= 0.3 is 5.97 Å². The molecule has 0 fully saturated rings. The van der Waals surface area contributed by atoms with Crippen molar-refractivity contribution in [1.29, 1.82) is 0 Å². The fourth-order valence-corrected chi connectivity index (χ4v) is 2.10. The van der Waals surface area contributed by atoms with Crippen LogP contribution in [-0.4, -0.2) is 27.7 Å². The van der Waals surface area contributed by atoms with Gasteiger partial charge in [0.1, 0.15) is 11.6 Å². The van der Waals surface area contributed by atoms with Crippen LogP contribution < -0.4 is 4.74 Å². The quantitative estimate of drug-likeness (QED) is 0.893. The number of hydrogen-bond acceptors (Lipinski definition) is 3. The molecule has 1 N–H and O–H groups in total. The molecule has 0 amide bonds. The second kappa shape index (κ2) is 5.56. The summed E-state index contributed by atoms with van der Waals surface area (Å²) in [6.45, 7) is 0. The number of aliphatic carboxylic acids is 1. The lowest BCUT2D eigenvalue weighted by atomic mass is 9.94. The van der Waals surface area contributed by atoms with Gasteiger partial charge in [-0.15, -0.1) is 0 Å². The van der Waals surface area contributed by atoms with Crippen molar-refractivity contribution < 1.29 is 14.6 Å². The fourth-order valence-electron chi connectivity index (χ4n) is 2.10. The lowest BCUT2D eigenvalue weighted by Gasteiger charge is -2.16. The SMILES string of the molecule is COc1cccc(C(CC(=O)O)c2nccn2C)c1. The van der Waals surface area contributed by atoms with E-state index in [2.05, 4.69) is 4.98 Å². The first kappa shape index (κ1) is 13.1. The molecule has 2 rings (SSSR count). The van der Waals surface area contributed by atoms with E-state index < -0.39 is 5.97 Å². The highest BCUT2D eigenvalue weighted by atomic mass is 16.5. The van der Waals surface area contributed by atoms with Gasteiger partial charge in [-0.2, -0.15) is 0 Å². The lowest BCUT2D eigenvalue weighted by Crippen LogP contribution is -2.12. The zero-order valence-electron chi connectivity index (χ0n) is 10.9. The number of imidazole rings is 1. The van der Waals surface area contributed by atoms with Crippen molar-refractivity contribution in [3.05, 3.63) is 48.0 Å². The zero-order chi connectivity index (χ0) is 13.8. The van der Waals surface area contributed by atoms with E-state index in [0.717, 1.165) is 11.4 Å². The highest BCUT2D eigenvalue weighted by Crippen LogP contribution is 2.28. The van der Waals surface area contributed by atoms with Gasteiger partial charge in [-0.05, 0) is 17.7 Å². The molecule has 1 aromatic heterocycles. The van der Waals surface area contributed by atoms with Crippen molar-refractivity contribution in [2.24, 2.45) is 7.05 Å². The van der Waals surface area contributed by atoms with Crippen molar-refractivity contribution in [1.82, 2.24) is 9.55 Å². The number of methoxy groups -OCH3 is 1. The number of carbonyl (C=O) groups is 1. The van der Waals surface area contributed by atoms with Crippen LogP contribution in [0.1, 0.15) is 23.7 Å². The number of hydrogen-bond donors (Lipinski definition) is 1. The van der Waals surface area contributed by atoms with E-state index >= 15 is 0 Å². The average molecular weight is 260 g/mol. The van der Waals surface area contributed by atoms with Crippen molar-refractivity contribution in [2.45, 2.75) is 12.3 Å². The maximum absolute atomic E-state index is 11.1. The van der Waals surface area contributed by atoms with Crippen molar-refractivity contribution >= 4 is 5.97 Å². The van der Waals surface area contributed by atoms with Crippen LogP contribution in [0.15, 0.2) is 36.7 Å². The van der Waals surface area contributed by atoms with Crippen LogP contribution >= 0.6 is 0 Å². The minimum absolute atomic E-state index is 0.00196. The molecule has 0 aliphatic rings. The smallest absolute Gasteiger partial charge is 0.304 e. The third-order valence-corrected chi connectivity index (χ3v) is 3.05. The Bertz CT molecular complexity index is 578. The number of carboxylic acid groups (broad SMARTS) is 1. The Hall–Kier alpha value is -2.30. The van der Waals surface area contributed by atoms with E-state index in [9.17, 15) is 4.79 Å². The summed E-state index contributed by atoms with van der Waals surface area (Å²) in [5.41, 5.74) is 0.885. The largest absolute Gasteiger partial charge is 0.497 e. The third-order valence-electron chi connectivity index (χ3n) is 3.05. The first-order valence-corrected chi connectivity index (χ1v) is 5.94. The molecule has 0 bridgehead atoms. The number of aryl methyl sites for hydroxylation is 1. The molecule has 5 nitrogen and oxygen atoms in total. The van der Waals surface area contributed by atoms with Gasteiger partial charge in [0.25, 0.3) is 0 Å². The highest BCUT2D eigenvalue weighted by molar-refractivity contribution is 5.68. The Morgan fingerprint density at radius 3 is 2.89 bits per heavy atom. The highest BCUT2D eigenvalue weighted by Gasteiger charge is 2.21. The molecule has 2 aromatic rings. The summed E-state index contributed by atoms with van der Waals surface area (Å²) in [6, 6.07) is 7.43. The molecule has 19 heavy (non-hydrogen) atoms. The minimum atomic E-state index is -0.851. The van der Waals surface area contributed by atoms with Crippen LogP contribution in [0.2, 0.25) is 0 Å². The van der Waals surface area contributed by atoms with E-state index in [4.69, 9.17) is 9.84 Å². The molecule has 1 atom stereocenters. The minimum Gasteiger partial charge on any atom is -0.497 e. The molecule has 0 saturated heterocycles. The summed E-state index contributed by atoms with van der Waals surface area (Å²) in [7, 11) is 3.45. The van der Waals surface area contributed by atoms with E-state index in [0.29, 0.717) is 5.75 Å². The van der Waals surface area contributed by atoms with Crippen LogP contribution in [0.3, 0.4) is 0 Å². The fraction of sp³-hybridized carbons (Fsp3) is 0.286. The standard InChI is InChI=1S/C14H16N2O3/c1-16-7-6-15-14(16)12(9-13(17)18)10-4-3-5-11(8-10)19-2/h3-8,12H,9H2,1-2H3,(H,17,18). The lowest BCUT2D eigenvalue weighted by molar-refractivity contribution is -0.137. The number of carboxylic acids is 1. The predicted molar refractivity (Wildman–Crippen MR) is 70.3 cm³/mol. The Kier molecular flexibility index (Phi) is 3.85. The van der Waals surface area contributed by atoms with Crippen LogP contribution in [-0.2, 0) is 11.8 Å². The summed E-state index contributed by atoms with van der Waals surface area (Å²) in [5, 5.41) is 9.09. The summed E-state index contributed by atoms with van der Waals surface area (Å²) in [5.74, 6) is 0.307. The Morgan fingerprint density at radius 2 is 2.32 bits per heavy atom. The van der Waals surface area contributed by atoms with Crippen molar-refractivity contribution in [3.8, 4) is 5.75 Å². The maximum atomic E-state index is 11.1. The molecule has 1 aromatic carbocycles. The zero-order valence-corrected chi connectivity index (χ0v) is 10.9. The van der Waals surface area contributed by atoms with Gasteiger partial charge in [0.15, 0.2) is 0 Å². The molecule has 5 heteroatoms. The molecule has 0 radical (unpaired) electrons. The Balaban J connectivity index is 2.42. The number of rotatable bonds is 5. The van der Waals surface area contributed by atoms with Crippen LogP contribution in [0.25, 0.3) is 0 Å². The molecule has 1 unspecified atom stereocenters. The van der Waals surface area contributed by atoms with Crippen LogP contribution in [0, 0.1) is 0 Å². The van der Waals surface area contributed by atoms with Gasteiger partial charge in [-0.25, -0.2) is 4.98 Å². The monoisotopic (exact) mass is 260 g/mol. The van der Waals surface area contributed by atoms with Crippen LogP contribution in [0.4, 0.5) is 0 Å². The summed E-state index contributed by atoms with van der Waals surface area (Å²) in [6.07, 6.45) is 3.48. The molecule has 100 valence electrons. The van der Waals surface area contributed by atoms with Crippen molar-refractivity contribution in [2.75, 3.05) is 7.11 Å². The topological polar surface area (TPSA) is 64.3 Å². The molecule has 1 heterocycles. The first-order chi connectivity index (χ1) is 9.11. The summed E-state index contributed by atoms with van der Waals surface area (Å²) < 4.78 is 7.02. The summed E-state index contributed by atoms with van der Waals surface area (Å²) in [4.78, 5) is 15.3. The number of ether oxygens (including phenoxy) is 1. The molecule has 0 saturated carbocycles. The van der Waals surface area contributed by atoms with E-state index in [1.54, 1.807) is 13.3 Å². The predicted octanol–water partition coefficient (Wildman–Crippen LogP) is 2.04. The first-order valence-electron chi connectivity index (χ1n) is 5.94. The molecular weight excluding hydrogens is 244 g/mol. The van der Waals surface area contributed by atoms with Gasteiger partial charge < -0.3 is 14.4 Å². The molecule has 0 aliphatic heterocycles. The second-order valence-electron chi connectivity index (χ2n) is 4.32. The maximum Gasteiger partial charge on any atom is 0.304 e. The van der Waals surface area contributed by atoms with E-state index in [1.165, 1.54) is 0 Å². The Labute approximate surface area is 111 Å². The van der Waals surface area contributed by atoms with E-state index in [1.807, 2.05) is 42.1 Å². The van der Waals surface area contributed by atoms with Gasteiger partial charge in [0.05, 0.1) is 19.4 Å². The van der Waals surface area contributed by atoms with Crippen molar-refractivity contribution in [3.63, 3.8) is 0 Å². The van der Waals surface area contributed by atoms with Gasteiger partial charge in [0.2, 0.25) is 0 Å². The van der Waals surface area contributed by atoms with E-state index in [-0.39, 0.29) is 12.3 Å². The third kappa shape index (κ3) is 2.93. The van der Waals surface area contributed by atoms with Gasteiger partial charge in [0, 0.05) is 19.4 Å². The second-order valence-corrected chi connectivity index (χ2v) is 4.32. The number of aromatic nitrogens is 2. The Morgan fingerprint density at radius 1 is 1.53 bits per heavy atom. The van der Waals surface area contributed by atoms with Crippen LogP contribution in [0.5, 0.6) is 5.75 Å².